The highest BCUT2D eigenvalue weighted by atomic mass is 79.9. The monoisotopic (exact) mass is 421 g/mol. The smallest absolute Gasteiger partial charge is 0.215 e. The van der Waals surface area contributed by atoms with E-state index in [1.165, 1.54) is 18.5 Å². The predicted octanol–water partition coefficient (Wildman–Crippen LogP) is 6.36. The van der Waals surface area contributed by atoms with Crippen molar-refractivity contribution >= 4 is 32.5 Å². The topological polar surface area (TPSA) is 30.2 Å². The zero-order chi connectivity index (χ0) is 18.9. The molecule has 0 saturated heterocycles. The van der Waals surface area contributed by atoms with Gasteiger partial charge in [-0.05, 0) is 41.5 Å². The van der Waals surface area contributed by atoms with E-state index in [2.05, 4.69) is 26.0 Å². The van der Waals surface area contributed by atoms with E-state index in [1.807, 2.05) is 38.1 Å². The van der Waals surface area contributed by atoms with Crippen LogP contribution in [-0.2, 0) is 6.18 Å². The zero-order valence-electron chi connectivity index (χ0n) is 14.0. The molecule has 0 aliphatic rings. The summed E-state index contributed by atoms with van der Waals surface area (Å²) in [5.74, 6) is 0. The fourth-order valence-electron chi connectivity index (χ4n) is 2.73. The van der Waals surface area contributed by atoms with E-state index in [0.717, 1.165) is 33.1 Å². The number of aromatic nitrogens is 3. The third kappa shape index (κ3) is 3.31. The standard InChI is InChI=1S/C17H9BrF3N3.C2H6/c18-12-5-6-13-14(8-16-22-9-23-24(16)15(13)7-12)10-1-3-11(4-2-10)17(19,20)21;1-2/h1-9H;1-2H3. The van der Waals surface area contributed by atoms with Crippen LogP contribution in [0.2, 0.25) is 0 Å². The normalized spacial score (nSPS) is 11.5. The van der Waals surface area contributed by atoms with Gasteiger partial charge in [-0.1, -0.05) is 48.0 Å². The number of fused-ring (bicyclic) bond motifs is 3. The fraction of sp³-hybridized carbons (Fsp3) is 0.158. The average Bonchev–Trinajstić information content (AvgIpc) is 3.11. The van der Waals surface area contributed by atoms with Crippen molar-refractivity contribution in [3.8, 4) is 11.1 Å². The molecule has 2 aromatic heterocycles. The molecule has 0 amide bonds. The van der Waals surface area contributed by atoms with Crippen LogP contribution in [0.25, 0.3) is 27.7 Å². The molecule has 3 nitrogen and oxygen atoms in total. The predicted molar refractivity (Wildman–Crippen MR) is 100.0 cm³/mol. The molecule has 2 aromatic carbocycles. The van der Waals surface area contributed by atoms with Gasteiger partial charge in [0.25, 0.3) is 0 Å². The summed E-state index contributed by atoms with van der Waals surface area (Å²) in [6.45, 7) is 4.00. The third-order valence-corrected chi connectivity index (χ3v) is 4.34. The van der Waals surface area contributed by atoms with E-state index in [4.69, 9.17) is 0 Å². The first-order valence-corrected chi connectivity index (χ1v) is 8.82. The van der Waals surface area contributed by atoms with Crippen molar-refractivity contribution in [2.75, 3.05) is 0 Å². The van der Waals surface area contributed by atoms with Crippen molar-refractivity contribution < 1.29 is 13.2 Å². The summed E-state index contributed by atoms with van der Waals surface area (Å²) < 4.78 is 40.9. The van der Waals surface area contributed by atoms with Gasteiger partial charge in [0, 0.05) is 9.86 Å². The Hall–Kier alpha value is -2.41. The van der Waals surface area contributed by atoms with Crippen LogP contribution in [0, 0.1) is 0 Å². The summed E-state index contributed by atoms with van der Waals surface area (Å²) in [5, 5.41) is 5.09. The maximum atomic E-state index is 12.8. The molecule has 134 valence electrons. The van der Waals surface area contributed by atoms with E-state index >= 15 is 0 Å². The van der Waals surface area contributed by atoms with E-state index in [0.29, 0.717) is 11.2 Å². The van der Waals surface area contributed by atoms with Crippen molar-refractivity contribution in [1.82, 2.24) is 14.6 Å². The highest BCUT2D eigenvalue weighted by Gasteiger charge is 2.30. The minimum atomic E-state index is -4.34. The number of rotatable bonds is 1. The van der Waals surface area contributed by atoms with Gasteiger partial charge in [-0.25, -0.2) is 9.50 Å². The van der Waals surface area contributed by atoms with Crippen LogP contribution in [0.1, 0.15) is 19.4 Å². The van der Waals surface area contributed by atoms with Crippen LogP contribution in [0.5, 0.6) is 0 Å². The van der Waals surface area contributed by atoms with E-state index in [1.54, 1.807) is 4.52 Å². The molecule has 0 fully saturated rings. The van der Waals surface area contributed by atoms with Crippen LogP contribution in [0.3, 0.4) is 0 Å². The quantitative estimate of drug-likeness (QED) is 0.358. The van der Waals surface area contributed by atoms with Gasteiger partial charge in [-0.15, -0.1) is 0 Å². The zero-order valence-corrected chi connectivity index (χ0v) is 15.6. The second-order valence-electron chi connectivity index (χ2n) is 5.32. The van der Waals surface area contributed by atoms with Crippen LogP contribution in [0.15, 0.2) is 59.3 Å². The largest absolute Gasteiger partial charge is 0.416 e. The third-order valence-electron chi connectivity index (χ3n) is 3.85. The van der Waals surface area contributed by atoms with Crippen molar-refractivity contribution in [1.29, 1.82) is 0 Å². The molecule has 0 radical (unpaired) electrons. The van der Waals surface area contributed by atoms with E-state index in [-0.39, 0.29) is 0 Å². The lowest BCUT2D eigenvalue weighted by Crippen LogP contribution is -2.04. The number of benzene rings is 2. The summed E-state index contributed by atoms with van der Waals surface area (Å²) in [4.78, 5) is 4.20. The van der Waals surface area contributed by atoms with Gasteiger partial charge in [0.15, 0.2) is 5.65 Å². The van der Waals surface area contributed by atoms with Crippen molar-refractivity contribution in [3.05, 3.63) is 64.9 Å². The molecule has 0 saturated carbocycles. The maximum absolute atomic E-state index is 12.8. The summed E-state index contributed by atoms with van der Waals surface area (Å²) in [7, 11) is 0. The van der Waals surface area contributed by atoms with Crippen LogP contribution in [0.4, 0.5) is 13.2 Å². The molecule has 26 heavy (non-hydrogen) atoms. The first kappa shape index (κ1) is 18.4. The van der Waals surface area contributed by atoms with E-state index < -0.39 is 11.7 Å². The van der Waals surface area contributed by atoms with Gasteiger partial charge in [0.2, 0.25) is 0 Å². The molecule has 4 rings (SSSR count). The number of pyridine rings is 1. The molecular formula is C19H15BrF3N3. The number of alkyl halides is 3. The van der Waals surface area contributed by atoms with Gasteiger partial charge in [-0.2, -0.15) is 18.3 Å². The summed E-state index contributed by atoms with van der Waals surface area (Å²) in [6.07, 6.45) is -2.89. The second kappa shape index (κ2) is 7.07. The Kier molecular flexibility index (Phi) is 5.00. The van der Waals surface area contributed by atoms with Crippen molar-refractivity contribution in [3.63, 3.8) is 0 Å². The Bertz CT molecular complexity index is 1050. The minimum Gasteiger partial charge on any atom is -0.215 e. The SMILES string of the molecule is CC.FC(F)(F)c1ccc(-c2cc3ncnn3c3cc(Br)ccc23)cc1. The van der Waals surface area contributed by atoms with Crippen LogP contribution < -0.4 is 0 Å². The number of hydrogen-bond donors (Lipinski definition) is 0. The molecule has 0 N–H and O–H groups in total. The van der Waals surface area contributed by atoms with Crippen LogP contribution >= 0.6 is 15.9 Å². The molecule has 0 atom stereocenters. The highest BCUT2D eigenvalue weighted by Crippen LogP contribution is 2.34. The Labute approximate surface area is 156 Å². The molecule has 2 heterocycles. The molecule has 0 unspecified atom stereocenters. The van der Waals surface area contributed by atoms with Crippen molar-refractivity contribution in [2.24, 2.45) is 0 Å². The molecule has 0 aliphatic heterocycles. The van der Waals surface area contributed by atoms with Gasteiger partial charge in [-0.3, -0.25) is 0 Å². The Morgan fingerprint density at radius 1 is 0.962 bits per heavy atom. The second-order valence-corrected chi connectivity index (χ2v) is 6.24. The summed E-state index contributed by atoms with van der Waals surface area (Å²) in [6, 6.07) is 12.7. The maximum Gasteiger partial charge on any atom is 0.416 e. The number of hydrogen-bond acceptors (Lipinski definition) is 2. The van der Waals surface area contributed by atoms with Crippen molar-refractivity contribution in [2.45, 2.75) is 20.0 Å². The van der Waals surface area contributed by atoms with Gasteiger partial charge >= 0.3 is 6.18 Å². The van der Waals surface area contributed by atoms with E-state index in [9.17, 15) is 13.2 Å². The first-order chi connectivity index (χ1) is 12.4. The lowest BCUT2D eigenvalue weighted by Gasteiger charge is -2.11. The summed E-state index contributed by atoms with van der Waals surface area (Å²) >= 11 is 3.43. The van der Waals surface area contributed by atoms with Gasteiger partial charge < -0.3 is 0 Å². The Morgan fingerprint density at radius 2 is 1.65 bits per heavy atom. The fourth-order valence-corrected chi connectivity index (χ4v) is 3.08. The molecule has 4 aromatic rings. The molecule has 0 bridgehead atoms. The molecule has 7 heteroatoms. The number of nitrogens with zero attached hydrogens (tertiary/aromatic N) is 3. The lowest BCUT2D eigenvalue weighted by molar-refractivity contribution is -0.137. The molecular weight excluding hydrogens is 407 g/mol. The number of halogens is 4. The average molecular weight is 422 g/mol. The minimum absolute atomic E-state index is 0.635. The van der Waals surface area contributed by atoms with Gasteiger partial charge in [0.1, 0.15) is 6.33 Å². The Balaban J connectivity index is 0.000000948. The first-order valence-electron chi connectivity index (χ1n) is 8.03. The molecule has 0 aliphatic carbocycles. The van der Waals surface area contributed by atoms with Crippen LogP contribution in [-0.4, -0.2) is 14.6 Å². The van der Waals surface area contributed by atoms with Gasteiger partial charge in [0.05, 0.1) is 11.1 Å². The molecule has 0 spiro atoms. The Morgan fingerprint density at radius 3 is 2.31 bits per heavy atom. The summed E-state index contributed by atoms with van der Waals surface area (Å²) in [5.41, 5.74) is 2.30. The highest BCUT2D eigenvalue weighted by molar-refractivity contribution is 9.10. The lowest BCUT2D eigenvalue weighted by atomic mass is 10.00.